The standard InChI is InChI=1S/C29H30Br2N4O2/c1-21(35(20-27-7-3-5-13-33-27)18-23-15-25(31)9-11-29(23)37)16-34(19-26-6-2-4-12-32-26)17-22-14-24(30)8-10-28(22)36/h2-15,21,36-37H,16-20H2,1H3/t21-/m1/s1. The maximum absolute atomic E-state index is 10.5. The molecule has 4 rings (SSSR count). The van der Waals surface area contributed by atoms with E-state index in [1.54, 1.807) is 24.5 Å². The number of rotatable bonds is 11. The van der Waals surface area contributed by atoms with Crippen LogP contribution in [0, 0.1) is 0 Å². The highest BCUT2D eigenvalue weighted by atomic mass is 79.9. The van der Waals surface area contributed by atoms with Gasteiger partial charge in [-0.1, -0.05) is 44.0 Å². The van der Waals surface area contributed by atoms with E-state index in [1.165, 1.54) is 0 Å². The largest absolute Gasteiger partial charge is 0.508 e. The molecule has 2 aromatic heterocycles. The van der Waals surface area contributed by atoms with Crippen LogP contribution >= 0.6 is 31.9 Å². The number of phenolic OH excluding ortho intramolecular Hbond substituents is 2. The summed E-state index contributed by atoms with van der Waals surface area (Å²) in [6.07, 6.45) is 3.61. The van der Waals surface area contributed by atoms with Gasteiger partial charge in [-0.25, -0.2) is 0 Å². The summed E-state index contributed by atoms with van der Waals surface area (Å²) >= 11 is 7.06. The van der Waals surface area contributed by atoms with Crippen LogP contribution in [0.2, 0.25) is 0 Å². The van der Waals surface area contributed by atoms with Crippen LogP contribution in [0.15, 0.2) is 94.1 Å². The maximum Gasteiger partial charge on any atom is 0.120 e. The molecule has 0 spiro atoms. The number of aromatic nitrogens is 2. The Bertz CT molecular complexity index is 1290. The summed E-state index contributed by atoms with van der Waals surface area (Å²) in [7, 11) is 0. The number of phenols is 2. The lowest BCUT2D eigenvalue weighted by molar-refractivity contribution is 0.124. The first-order chi connectivity index (χ1) is 17.9. The minimum Gasteiger partial charge on any atom is -0.508 e. The second-order valence-corrected chi connectivity index (χ2v) is 10.9. The second kappa shape index (κ2) is 13.1. The lowest BCUT2D eigenvalue weighted by Gasteiger charge is -2.34. The number of pyridine rings is 2. The van der Waals surface area contributed by atoms with Crippen molar-refractivity contribution in [3.05, 3.63) is 117 Å². The quantitative estimate of drug-likeness (QED) is 0.198. The highest BCUT2D eigenvalue weighted by molar-refractivity contribution is 9.10. The lowest BCUT2D eigenvalue weighted by atomic mass is 10.1. The Labute approximate surface area is 234 Å². The number of benzene rings is 2. The van der Waals surface area contributed by atoms with Crippen LogP contribution in [-0.4, -0.2) is 42.6 Å². The molecule has 0 radical (unpaired) electrons. The van der Waals surface area contributed by atoms with Crippen LogP contribution in [0.1, 0.15) is 29.4 Å². The third-order valence-corrected chi connectivity index (χ3v) is 7.19. The molecular weight excluding hydrogens is 596 g/mol. The van der Waals surface area contributed by atoms with Crippen molar-refractivity contribution >= 4 is 31.9 Å². The minimum atomic E-state index is 0.0957. The molecule has 0 amide bonds. The van der Waals surface area contributed by atoms with Gasteiger partial charge in [0, 0.05) is 71.2 Å². The first-order valence-corrected chi connectivity index (χ1v) is 13.7. The molecule has 2 N–H and O–H groups in total. The van der Waals surface area contributed by atoms with Gasteiger partial charge in [-0.05, 0) is 67.6 Å². The molecule has 0 aliphatic carbocycles. The SMILES string of the molecule is C[C@H](CN(Cc1ccccn1)Cc1cc(Br)ccc1O)N(Cc1ccccn1)Cc1cc(Br)ccc1O. The van der Waals surface area contributed by atoms with E-state index < -0.39 is 0 Å². The summed E-state index contributed by atoms with van der Waals surface area (Å²) in [6.45, 7) is 5.28. The van der Waals surface area contributed by atoms with Gasteiger partial charge >= 0.3 is 0 Å². The van der Waals surface area contributed by atoms with E-state index in [1.807, 2.05) is 60.7 Å². The number of hydrogen-bond acceptors (Lipinski definition) is 6. The molecule has 0 saturated heterocycles. The van der Waals surface area contributed by atoms with Gasteiger partial charge in [-0.2, -0.15) is 0 Å². The summed E-state index contributed by atoms with van der Waals surface area (Å²) < 4.78 is 1.85. The molecule has 0 aliphatic heterocycles. The van der Waals surface area contributed by atoms with Gasteiger partial charge in [0.15, 0.2) is 0 Å². The lowest BCUT2D eigenvalue weighted by Crippen LogP contribution is -2.41. The fraction of sp³-hybridized carbons (Fsp3) is 0.241. The molecule has 0 unspecified atom stereocenters. The third kappa shape index (κ3) is 8.10. The molecular formula is C29H30Br2N4O2. The number of aromatic hydroxyl groups is 2. The highest BCUT2D eigenvalue weighted by Crippen LogP contribution is 2.27. The van der Waals surface area contributed by atoms with E-state index in [2.05, 4.69) is 58.6 Å². The second-order valence-electron chi connectivity index (χ2n) is 9.11. The van der Waals surface area contributed by atoms with E-state index in [9.17, 15) is 10.2 Å². The molecule has 6 nitrogen and oxygen atoms in total. The fourth-order valence-corrected chi connectivity index (χ4v) is 5.10. The van der Waals surface area contributed by atoms with Crippen molar-refractivity contribution in [2.45, 2.75) is 39.1 Å². The van der Waals surface area contributed by atoms with Gasteiger partial charge < -0.3 is 10.2 Å². The van der Waals surface area contributed by atoms with Gasteiger partial charge in [0.1, 0.15) is 11.5 Å². The van der Waals surface area contributed by atoms with Crippen molar-refractivity contribution < 1.29 is 10.2 Å². The zero-order chi connectivity index (χ0) is 26.2. The van der Waals surface area contributed by atoms with Gasteiger partial charge in [0.2, 0.25) is 0 Å². The van der Waals surface area contributed by atoms with E-state index in [0.717, 1.165) is 31.5 Å². The van der Waals surface area contributed by atoms with Crippen molar-refractivity contribution in [2.75, 3.05) is 6.54 Å². The molecule has 0 fully saturated rings. The van der Waals surface area contributed by atoms with E-state index in [4.69, 9.17) is 0 Å². The number of nitrogens with zero attached hydrogens (tertiary/aromatic N) is 4. The molecule has 0 bridgehead atoms. The summed E-state index contributed by atoms with van der Waals surface area (Å²) in [6, 6.07) is 23.0. The Morgan fingerprint density at radius 1 is 0.703 bits per heavy atom. The Balaban J connectivity index is 1.60. The van der Waals surface area contributed by atoms with Gasteiger partial charge in [0.05, 0.1) is 11.4 Å². The number of halogens is 2. The molecule has 192 valence electrons. The minimum absolute atomic E-state index is 0.0957. The van der Waals surface area contributed by atoms with Gasteiger partial charge in [-0.15, -0.1) is 0 Å². The summed E-state index contributed by atoms with van der Waals surface area (Å²) in [5.41, 5.74) is 3.62. The Kier molecular flexibility index (Phi) is 9.68. The Hall–Kier alpha value is -2.78. The van der Waals surface area contributed by atoms with Crippen LogP contribution in [0.3, 0.4) is 0 Å². The third-order valence-electron chi connectivity index (χ3n) is 6.20. The molecule has 2 aromatic carbocycles. The van der Waals surface area contributed by atoms with Crippen LogP contribution in [0.4, 0.5) is 0 Å². The summed E-state index contributed by atoms with van der Waals surface area (Å²) in [5.74, 6) is 0.539. The van der Waals surface area contributed by atoms with Crippen LogP contribution < -0.4 is 0 Å². The van der Waals surface area contributed by atoms with Crippen molar-refractivity contribution in [3.63, 3.8) is 0 Å². The topological polar surface area (TPSA) is 72.7 Å². The highest BCUT2D eigenvalue weighted by Gasteiger charge is 2.21. The number of hydrogen-bond donors (Lipinski definition) is 2. The van der Waals surface area contributed by atoms with Crippen molar-refractivity contribution in [1.82, 2.24) is 19.8 Å². The predicted molar refractivity (Wildman–Crippen MR) is 153 cm³/mol. The van der Waals surface area contributed by atoms with Crippen molar-refractivity contribution in [1.29, 1.82) is 0 Å². The van der Waals surface area contributed by atoms with Crippen LogP contribution in [-0.2, 0) is 26.2 Å². The normalized spacial score (nSPS) is 12.2. The average molecular weight is 626 g/mol. The van der Waals surface area contributed by atoms with Gasteiger partial charge in [0.25, 0.3) is 0 Å². The molecule has 0 saturated carbocycles. The zero-order valence-corrected chi connectivity index (χ0v) is 23.8. The van der Waals surface area contributed by atoms with E-state index in [0.29, 0.717) is 32.7 Å². The summed E-state index contributed by atoms with van der Waals surface area (Å²) in [4.78, 5) is 13.7. The molecule has 8 heteroatoms. The zero-order valence-electron chi connectivity index (χ0n) is 20.6. The predicted octanol–water partition coefficient (Wildman–Crippen LogP) is 6.51. The van der Waals surface area contributed by atoms with Crippen molar-refractivity contribution in [3.8, 4) is 11.5 Å². The average Bonchev–Trinajstić information content (AvgIpc) is 2.89. The fourth-order valence-electron chi connectivity index (χ4n) is 4.28. The smallest absolute Gasteiger partial charge is 0.120 e. The molecule has 1 atom stereocenters. The Morgan fingerprint density at radius 3 is 1.78 bits per heavy atom. The van der Waals surface area contributed by atoms with Crippen LogP contribution in [0.25, 0.3) is 0 Å². The van der Waals surface area contributed by atoms with Gasteiger partial charge in [-0.3, -0.25) is 19.8 Å². The summed E-state index contributed by atoms with van der Waals surface area (Å²) in [5, 5.41) is 21.1. The molecule has 4 aromatic rings. The molecule has 2 heterocycles. The monoisotopic (exact) mass is 624 g/mol. The van der Waals surface area contributed by atoms with E-state index >= 15 is 0 Å². The molecule has 0 aliphatic rings. The Morgan fingerprint density at radius 2 is 1.24 bits per heavy atom. The van der Waals surface area contributed by atoms with Crippen LogP contribution in [0.5, 0.6) is 11.5 Å². The first-order valence-electron chi connectivity index (χ1n) is 12.1. The molecule has 37 heavy (non-hydrogen) atoms. The maximum atomic E-state index is 10.5. The first kappa shape index (κ1) is 27.3. The van der Waals surface area contributed by atoms with Crippen molar-refractivity contribution in [2.24, 2.45) is 0 Å². The van der Waals surface area contributed by atoms with E-state index in [-0.39, 0.29) is 17.5 Å².